The highest BCUT2D eigenvalue weighted by atomic mass is 16.5. The molecule has 0 atom stereocenters. The number of ether oxygens (including phenoxy) is 1. The zero-order valence-corrected chi connectivity index (χ0v) is 10.7. The van der Waals surface area contributed by atoms with Crippen LogP contribution in [-0.4, -0.2) is 54.1 Å². The number of carbonyl (C=O) groups is 1. The van der Waals surface area contributed by atoms with Crippen molar-refractivity contribution in [1.29, 1.82) is 0 Å². The van der Waals surface area contributed by atoms with E-state index in [-0.39, 0.29) is 5.91 Å². The van der Waals surface area contributed by atoms with Gasteiger partial charge in [0.2, 0.25) is 0 Å². The van der Waals surface area contributed by atoms with Gasteiger partial charge in [-0.25, -0.2) is 9.97 Å². The number of carbonyl (C=O) groups excluding carboxylic acids is 1. The predicted molar refractivity (Wildman–Crippen MR) is 67.5 cm³/mol. The number of rotatable bonds is 6. The van der Waals surface area contributed by atoms with Gasteiger partial charge in [-0.05, 0) is 12.8 Å². The second-order valence-corrected chi connectivity index (χ2v) is 4.26. The Kier molecular flexibility index (Phi) is 4.09. The van der Waals surface area contributed by atoms with E-state index in [2.05, 4.69) is 15.3 Å². The fourth-order valence-electron chi connectivity index (χ4n) is 1.74. The molecule has 1 amide bonds. The van der Waals surface area contributed by atoms with Crippen molar-refractivity contribution in [2.45, 2.75) is 18.9 Å². The summed E-state index contributed by atoms with van der Waals surface area (Å²) in [6.45, 7) is 1.15. The van der Waals surface area contributed by atoms with E-state index in [0.717, 1.165) is 12.8 Å². The van der Waals surface area contributed by atoms with Crippen LogP contribution in [0.2, 0.25) is 0 Å². The smallest absolute Gasteiger partial charge is 0.274 e. The summed E-state index contributed by atoms with van der Waals surface area (Å²) in [5, 5.41) is 2.87. The van der Waals surface area contributed by atoms with E-state index in [4.69, 9.17) is 4.74 Å². The molecule has 0 aromatic carbocycles. The highest BCUT2D eigenvalue weighted by Crippen LogP contribution is 2.27. The Hall–Kier alpha value is -1.69. The molecule has 1 aromatic rings. The van der Waals surface area contributed by atoms with Gasteiger partial charge in [0.05, 0.1) is 19.0 Å². The summed E-state index contributed by atoms with van der Waals surface area (Å²) in [5.74, 6) is 0.589. The number of nitrogens with zero attached hydrogens (tertiary/aromatic N) is 3. The Morgan fingerprint density at radius 2 is 2.28 bits per heavy atom. The van der Waals surface area contributed by atoms with Gasteiger partial charge in [-0.2, -0.15) is 0 Å². The standard InChI is InChI=1S/C12H18N4O2/c1-13-11-8-14-10(7-15-11)12(17)16(5-6-18-2)9-3-4-9/h7-9H,3-6H2,1-2H3,(H,13,15). The third kappa shape index (κ3) is 2.95. The highest BCUT2D eigenvalue weighted by molar-refractivity contribution is 5.92. The molecule has 1 saturated carbocycles. The van der Waals surface area contributed by atoms with Crippen LogP contribution in [0.5, 0.6) is 0 Å². The zero-order valence-electron chi connectivity index (χ0n) is 10.7. The second-order valence-electron chi connectivity index (χ2n) is 4.26. The minimum Gasteiger partial charge on any atom is -0.383 e. The van der Waals surface area contributed by atoms with Crippen LogP contribution in [0, 0.1) is 0 Å². The van der Waals surface area contributed by atoms with Crippen LogP contribution in [0.1, 0.15) is 23.3 Å². The van der Waals surface area contributed by atoms with Crippen molar-refractivity contribution < 1.29 is 9.53 Å². The molecule has 0 saturated heterocycles. The second kappa shape index (κ2) is 5.77. The van der Waals surface area contributed by atoms with Crippen LogP contribution in [0.15, 0.2) is 12.4 Å². The molecule has 0 bridgehead atoms. The third-order valence-electron chi connectivity index (χ3n) is 2.91. The van der Waals surface area contributed by atoms with Crippen molar-refractivity contribution in [3.63, 3.8) is 0 Å². The first-order valence-electron chi connectivity index (χ1n) is 6.06. The van der Waals surface area contributed by atoms with Crippen molar-refractivity contribution in [2.75, 3.05) is 32.6 Å². The summed E-state index contributed by atoms with van der Waals surface area (Å²) in [6.07, 6.45) is 5.21. The monoisotopic (exact) mass is 250 g/mol. The summed E-state index contributed by atoms with van der Waals surface area (Å²) < 4.78 is 5.03. The summed E-state index contributed by atoms with van der Waals surface area (Å²) >= 11 is 0. The van der Waals surface area contributed by atoms with Gasteiger partial charge in [-0.3, -0.25) is 4.79 Å². The number of hydrogen-bond acceptors (Lipinski definition) is 5. The van der Waals surface area contributed by atoms with Crippen LogP contribution >= 0.6 is 0 Å². The first-order chi connectivity index (χ1) is 8.76. The van der Waals surface area contributed by atoms with Crippen LogP contribution in [-0.2, 0) is 4.74 Å². The van der Waals surface area contributed by atoms with Crippen LogP contribution in [0.4, 0.5) is 5.82 Å². The maximum absolute atomic E-state index is 12.3. The molecule has 0 unspecified atom stereocenters. The molecule has 0 aliphatic heterocycles. The van der Waals surface area contributed by atoms with Gasteiger partial charge in [0.15, 0.2) is 0 Å². The van der Waals surface area contributed by atoms with E-state index in [9.17, 15) is 4.79 Å². The van der Waals surface area contributed by atoms with E-state index >= 15 is 0 Å². The number of hydrogen-bond donors (Lipinski definition) is 1. The molecule has 2 rings (SSSR count). The van der Waals surface area contributed by atoms with Crippen LogP contribution in [0.25, 0.3) is 0 Å². The molecule has 1 heterocycles. The Bertz CT molecular complexity index is 403. The topological polar surface area (TPSA) is 67.4 Å². The van der Waals surface area contributed by atoms with Gasteiger partial charge in [0.1, 0.15) is 11.5 Å². The molecule has 18 heavy (non-hydrogen) atoms. The minimum absolute atomic E-state index is 0.0651. The molecule has 1 aliphatic carbocycles. The summed E-state index contributed by atoms with van der Waals surface area (Å²) in [5.41, 5.74) is 0.386. The van der Waals surface area contributed by atoms with E-state index in [1.54, 1.807) is 20.4 Å². The molecule has 0 radical (unpaired) electrons. The van der Waals surface area contributed by atoms with Crippen molar-refractivity contribution in [3.05, 3.63) is 18.1 Å². The fraction of sp³-hybridized carbons (Fsp3) is 0.583. The van der Waals surface area contributed by atoms with Gasteiger partial charge >= 0.3 is 0 Å². The lowest BCUT2D eigenvalue weighted by molar-refractivity contribution is 0.0674. The predicted octanol–water partition coefficient (Wildman–Crippen LogP) is 0.769. The summed E-state index contributed by atoms with van der Waals surface area (Å²) in [6, 6.07) is 0.346. The number of anilines is 1. The number of aromatic nitrogens is 2. The van der Waals surface area contributed by atoms with Crippen LogP contribution < -0.4 is 5.32 Å². The number of methoxy groups -OCH3 is 1. The quantitative estimate of drug-likeness (QED) is 0.807. The molecule has 1 aliphatic rings. The SMILES string of the molecule is CNc1cnc(C(=O)N(CCOC)C2CC2)cn1. The van der Waals surface area contributed by atoms with E-state index in [0.29, 0.717) is 30.7 Å². The Morgan fingerprint density at radius 3 is 2.78 bits per heavy atom. The molecule has 6 heteroatoms. The Balaban J connectivity index is 2.06. The molecule has 1 fully saturated rings. The van der Waals surface area contributed by atoms with Gasteiger partial charge in [0, 0.05) is 26.7 Å². The first-order valence-corrected chi connectivity index (χ1v) is 6.06. The van der Waals surface area contributed by atoms with E-state index < -0.39 is 0 Å². The van der Waals surface area contributed by atoms with E-state index in [1.807, 2.05) is 4.90 Å². The Morgan fingerprint density at radius 1 is 1.50 bits per heavy atom. The highest BCUT2D eigenvalue weighted by Gasteiger charge is 2.33. The molecular weight excluding hydrogens is 232 g/mol. The van der Waals surface area contributed by atoms with Crippen molar-refractivity contribution >= 4 is 11.7 Å². The first kappa shape index (κ1) is 12.8. The molecule has 6 nitrogen and oxygen atoms in total. The van der Waals surface area contributed by atoms with Gasteiger partial charge in [-0.15, -0.1) is 0 Å². The lowest BCUT2D eigenvalue weighted by Crippen LogP contribution is -2.36. The minimum atomic E-state index is -0.0651. The molecule has 1 aromatic heterocycles. The maximum atomic E-state index is 12.3. The number of amides is 1. The molecule has 0 spiro atoms. The average Bonchev–Trinajstić information content (AvgIpc) is 3.24. The lowest BCUT2D eigenvalue weighted by Gasteiger charge is -2.21. The van der Waals surface area contributed by atoms with Crippen molar-refractivity contribution in [3.8, 4) is 0 Å². The number of nitrogens with one attached hydrogen (secondary N) is 1. The zero-order chi connectivity index (χ0) is 13.0. The summed E-state index contributed by atoms with van der Waals surface area (Å²) in [4.78, 5) is 22.3. The largest absolute Gasteiger partial charge is 0.383 e. The van der Waals surface area contributed by atoms with Gasteiger partial charge in [-0.1, -0.05) is 0 Å². The van der Waals surface area contributed by atoms with Crippen molar-refractivity contribution in [1.82, 2.24) is 14.9 Å². The molecule has 1 N–H and O–H groups in total. The van der Waals surface area contributed by atoms with Crippen LogP contribution in [0.3, 0.4) is 0 Å². The molecular formula is C12H18N4O2. The fourth-order valence-corrected chi connectivity index (χ4v) is 1.74. The van der Waals surface area contributed by atoms with Gasteiger partial charge in [0.25, 0.3) is 5.91 Å². The lowest BCUT2D eigenvalue weighted by atomic mass is 10.3. The van der Waals surface area contributed by atoms with Crippen molar-refractivity contribution in [2.24, 2.45) is 0 Å². The normalized spacial score (nSPS) is 14.3. The third-order valence-corrected chi connectivity index (χ3v) is 2.91. The average molecular weight is 250 g/mol. The maximum Gasteiger partial charge on any atom is 0.274 e. The molecule has 98 valence electrons. The summed E-state index contributed by atoms with van der Waals surface area (Å²) in [7, 11) is 3.40. The van der Waals surface area contributed by atoms with Gasteiger partial charge < -0.3 is 15.0 Å². The van der Waals surface area contributed by atoms with E-state index in [1.165, 1.54) is 6.20 Å². The Labute approximate surface area is 106 Å².